The van der Waals surface area contributed by atoms with E-state index in [0.29, 0.717) is 24.2 Å². The van der Waals surface area contributed by atoms with Gasteiger partial charge in [0.15, 0.2) is 0 Å². The smallest absolute Gasteiger partial charge is 0.317 e. The van der Waals surface area contributed by atoms with Crippen molar-refractivity contribution < 1.29 is 14.7 Å². The maximum absolute atomic E-state index is 12.1. The molecule has 1 aliphatic heterocycles. The number of urea groups is 1. The van der Waals surface area contributed by atoms with Gasteiger partial charge in [-0.1, -0.05) is 20.3 Å². The summed E-state index contributed by atoms with van der Waals surface area (Å²) >= 11 is 0. The van der Waals surface area contributed by atoms with Crippen LogP contribution in [0, 0.1) is 23.7 Å². The number of carbonyl (C=O) groups is 2. The summed E-state index contributed by atoms with van der Waals surface area (Å²) in [5.74, 6) is 0.357. The monoisotopic (exact) mass is 282 g/mol. The Labute approximate surface area is 120 Å². The molecule has 2 N–H and O–H groups in total. The Morgan fingerprint density at radius 2 is 1.85 bits per heavy atom. The van der Waals surface area contributed by atoms with E-state index in [2.05, 4.69) is 5.32 Å². The number of nitrogens with one attached hydrogen (secondary N) is 1. The minimum absolute atomic E-state index is 0.0885. The molecule has 0 spiro atoms. The predicted octanol–water partition coefficient (Wildman–Crippen LogP) is 2.17. The molecule has 0 aromatic rings. The summed E-state index contributed by atoms with van der Waals surface area (Å²) in [6, 6.07) is -0.0885. The third kappa shape index (κ3) is 3.64. The summed E-state index contributed by atoms with van der Waals surface area (Å²) in [4.78, 5) is 25.1. The molecule has 2 aliphatic rings. The van der Waals surface area contributed by atoms with Crippen LogP contribution < -0.4 is 5.32 Å². The second-order valence-corrected chi connectivity index (χ2v) is 6.71. The molecular weight excluding hydrogens is 256 g/mol. The molecule has 1 saturated carbocycles. The molecule has 3 unspecified atom stereocenters. The molecule has 5 nitrogen and oxygen atoms in total. The number of hydrogen-bond donors (Lipinski definition) is 2. The van der Waals surface area contributed by atoms with Crippen molar-refractivity contribution >= 4 is 12.0 Å². The van der Waals surface area contributed by atoms with Gasteiger partial charge in [0.2, 0.25) is 0 Å². The number of carboxylic acid groups (broad SMARTS) is 1. The third-order valence-corrected chi connectivity index (χ3v) is 4.62. The van der Waals surface area contributed by atoms with E-state index in [9.17, 15) is 9.59 Å². The van der Waals surface area contributed by atoms with E-state index in [4.69, 9.17) is 5.11 Å². The largest absolute Gasteiger partial charge is 0.481 e. The molecule has 1 heterocycles. The zero-order chi connectivity index (χ0) is 14.7. The first-order valence-electron chi connectivity index (χ1n) is 7.73. The first-order chi connectivity index (χ1) is 9.47. The Morgan fingerprint density at radius 1 is 1.25 bits per heavy atom. The number of amides is 2. The van der Waals surface area contributed by atoms with Crippen LogP contribution in [0.2, 0.25) is 0 Å². The van der Waals surface area contributed by atoms with Crippen molar-refractivity contribution in [2.75, 3.05) is 19.6 Å². The minimum Gasteiger partial charge on any atom is -0.481 e. The summed E-state index contributed by atoms with van der Waals surface area (Å²) in [5.41, 5.74) is 0. The van der Waals surface area contributed by atoms with Crippen LogP contribution in [-0.4, -0.2) is 41.6 Å². The van der Waals surface area contributed by atoms with E-state index in [1.807, 2.05) is 18.7 Å². The third-order valence-electron chi connectivity index (χ3n) is 4.62. The molecule has 5 heteroatoms. The number of rotatable bonds is 5. The van der Waals surface area contributed by atoms with E-state index < -0.39 is 11.9 Å². The van der Waals surface area contributed by atoms with E-state index >= 15 is 0 Å². The number of carboxylic acids is 1. The maximum atomic E-state index is 12.1. The molecule has 114 valence electrons. The second kappa shape index (κ2) is 6.46. The van der Waals surface area contributed by atoms with Gasteiger partial charge >= 0.3 is 12.0 Å². The van der Waals surface area contributed by atoms with Crippen LogP contribution in [-0.2, 0) is 4.79 Å². The molecule has 1 saturated heterocycles. The number of likely N-dealkylation sites (tertiary alicyclic amines) is 1. The van der Waals surface area contributed by atoms with Gasteiger partial charge in [0.05, 0.1) is 5.92 Å². The number of nitrogens with zero attached hydrogens (tertiary/aromatic N) is 1. The number of hydrogen-bond acceptors (Lipinski definition) is 2. The second-order valence-electron chi connectivity index (χ2n) is 6.71. The van der Waals surface area contributed by atoms with Gasteiger partial charge in [-0.2, -0.15) is 0 Å². The van der Waals surface area contributed by atoms with Crippen molar-refractivity contribution in [2.45, 2.75) is 39.5 Å². The van der Waals surface area contributed by atoms with Crippen molar-refractivity contribution in [1.82, 2.24) is 10.2 Å². The van der Waals surface area contributed by atoms with Crippen molar-refractivity contribution in [3.05, 3.63) is 0 Å². The van der Waals surface area contributed by atoms with Crippen molar-refractivity contribution in [2.24, 2.45) is 23.7 Å². The molecule has 20 heavy (non-hydrogen) atoms. The fourth-order valence-corrected chi connectivity index (χ4v) is 3.56. The van der Waals surface area contributed by atoms with Crippen LogP contribution in [0.15, 0.2) is 0 Å². The van der Waals surface area contributed by atoms with E-state index in [0.717, 1.165) is 13.1 Å². The average Bonchev–Trinajstić information content (AvgIpc) is 2.93. The Hall–Kier alpha value is -1.26. The van der Waals surface area contributed by atoms with Gasteiger partial charge < -0.3 is 15.3 Å². The molecule has 2 amide bonds. The predicted molar refractivity (Wildman–Crippen MR) is 76.4 cm³/mol. The van der Waals surface area contributed by atoms with Crippen LogP contribution in [0.25, 0.3) is 0 Å². The SMILES string of the molecule is CC(C)CC(CNC(=O)N1CC2CCCC2C1)C(=O)O. The van der Waals surface area contributed by atoms with E-state index in [-0.39, 0.29) is 12.6 Å². The highest BCUT2D eigenvalue weighted by molar-refractivity contribution is 5.76. The molecule has 0 aromatic carbocycles. The number of fused-ring (bicyclic) bond motifs is 1. The van der Waals surface area contributed by atoms with Gasteiger partial charge in [-0.05, 0) is 37.0 Å². The summed E-state index contributed by atoms with van der Waals surface area (Å²) in [7, 11) is 0. The average molecular weight is 282 g/mol. The van der Waals surface area contributed by atoms with E-state index in [1.54, 1.807) is 0 Å². The van der Waals surface area contributed by atoms with Gasteiger partial charge in [-0.3, -0.25) is 4.79 Å². The molecule has 0 bridgehead atoms. The molecule has 0 aromatic heterocycles. The van der Waals surface area contributed by atoms with Crippen LogP contribution in [0.4, 0.5) is 4.79 Å². The highest BCUT2D eigenvalue weighted by Crippen LogP contribution is 2.37. The standard InChI is InChI=1S/C15H26N2O3/c1-10(2)6-13(14(18)19)7-16-15(20)17-8-11-4-3-5-12(11)9-17/h10-13H,3-9H2,1-2H3,(H,16,20)(H,18,19). The first-order valence-corrected chi connectivity index (χ1v) is 7.73. The lowest BCUT2D eigenvalue weighted by Crippen LogP contribution is -2.42. The zero-order valence-corrected chi connectivity index (χ0v) is 12.5. The molecule has 2 fully saturated rings. The van der Waals surface area contributed by atoms with Gasteiger partial charge in [0, 0.05) is 19.6 Å². The first kappa shape index (κ1) is 15.1. The van der Waals surface area contributed by atoms with E-state index in [1.165, 1.54) is 19.3 Å². The summed E-state index contributed by atoms with van der Waals surface area (Å²) in [6.45, 7) is 5.92. The summed E-state index contributed by atoms with van der Waals surface area (Å²) < 4.78 is 0. The van der Waals surface area contributed by atoms with Crippen molar-refractivity contribution in [1.29, 1.82) is 0 Å². The highest BCUT2D eigenvalue weighted by Gasteiger charge is 2.38. The molecule has 1 aliphatic carbocycles. The van der Waals surface area contributed by atoms with Crippen LogP contribution >= 0.6 is 0 Å². The van der Waals surface area contributed by atoms with Crippen LogP contribution in [0.3, 0.4) is 0 Å². The van der Waals surface area contributed by atoms with Crippen molar-refractivity contribution in [3.8, 4) is 0 Å². The fourth-order valence-electron chi connectivity index (χ4n) is 3.56. The Balaban J connectivity index is 1.78. The van der Waals surface area contributed by atoms with Gasteiger partial charge in [-0.15, -0.1) is 0 Å². The molecule has 2 rings (SSSR count). The van der Waals surface area contributed by atoms with Crippen molar-refractivity contribution in [3.63, 3.8) is 0 Å². The Morgan fingerprint density at radius 3 is 2.35 bits per heavy atom. The van der Waals surface area contributed by atoms with Gasteiger partial charge in [-0.25, -0.2) is 4.79 Å². The number of aliphatic carboxylic acids is 1. The van der Waals surface area contributed by atoms with Crippen LogP contribution in [0.1, 0.15) is 39.5 Å². The highest BCUT2D eigenvalue weighted by atomic mass is 16.4. The quantitative estimate of drug-likeness (QED) is 0.812. The summed E-state index contributed by atoms with van der Waals surface area (Å²) in [6.07, 6.45) is 4.36. The van der Waals surface area contributed by atoms with Gasteiger partial charge in [0.25, 0.3) is 0 Å². The lowest BCUT2D eigenvalue weighted by molar-refractivity contribution is -0.142. The van der Waals surface area contributed by atoms with Crippen LogP contribution in [0.5, 0.6) is 0 Å². The normalized spacial score (nSPS) is 26.6. The van der Waals surface area contributed by atoms with Gasteiger partial charge in [0.1, 0.15) is 0 Å². The maximum Gasteiger partial charge on any atom is 0.317 e. The molecule has 3 atom stereocenters. The zero-order valence-electron chi connectivity index (χ0n) is 12.5. The lowest BCUT2D eigenvalue weighted by atomic mass is 9.97. The summed E-state index contributed by atoms with van der Waals surface area (Å²) in [5, 5.41) is 12.0. The fraction of sp³-hybridized carbons (Fsp3) is 0.867. The topological polar surface area (TPSA) is 69.6 Å². The Bertz CT molecular complexity index is 358. The number of carbonyl (C=O) groups excluding carboxylic acids is 1. The Kier molecular flexibility index (Phi) is 4.89. The minimum atomic E-state index is -0.822. The molecule has 0 radical (unpaired) electrons. The lowest BCUT2D eigenvalue weighted by Gasteiger charge is -2.20. The molecular formula is C15H26N2O3.